The number of anilines is 2. The highest BCUT2D eigenvalue weighted by Crippen LogP contribution is 2.53. The molecule has 0 aromatic heterocycles. The van der Waals surface area contributed by atoms with Gasteiger partial charge in [-0.3, -0.25) is 0 Å². The van der Waals surface area contributed by atoms with E-state index in [-0.39, 0.29) is 12.8 Å². The Hall–Kier alpha value is -2.24. The van der Waals surface area contributed by atoms with Gasteiger partial charge in [0.1, 0.15) is 6.29 Å². The summed E-state index contributed by atoms with van der Waals surface area (Å²) in [5.41, 5.74) is -1.27. The van der Waals surface area contributed by atoms with Crippen molar-refractivity contribution in [1.29, 1.82) is 0 Å². The number of carbonyl (C=O) groups excluding carboxylic acids is 1. The molecule has 1 saturated heterocycles. The van der Waals surface area contributed by atoms with Gasteiger partial charge in [-0.2, -0.15) is 13.2 Å². The summed E-state index contributed by atoms with van der Waals surface area (Å²) in [6, 6.07) is 9.73. The number of carbonyl (C=O) groups is 1. The van der Waals surface area contributed by atoms with Crippen molar-refractivity contribution in [3.63, 3.8) is 0 Å². The number of aldehydes is 1. The molecule has 0 radical (unpaired) electrons. The fourth-order valence-electron chi connectivity index (χ4n) is 3.72. The third-order valence-electron chi connectivity index (χ3n) is 4.65. The molecular formula is C16H13F3N2O. The zero-order valence-corrected chi connectivity index (χ0v) is 11.5. The van der Waals surface area contributed by atoms with E-state index >= 15 is 0 Å². The van der Waals surface area contributed by atoms with Crippen LogP contribution in [0.5, 0.6) is 0 Å². The fraction of sp³-hybridized carbons (Fsp3) is 0.312. The van der Waals surface area contributed by atoms with Crippen LogP contribution in [-0.4, -0.2) is 24.2 Å². The molecule has 2 unspecified atom stereocenters. The predicted octanol–water partition coefficient (Wildman–Crippen LogP) is 3.69. The van der Waals surface area contributed by atoms with Gasteiger partial charge in [-0.1, -0.05) is 24.3 Å². The maximum Gasteiger partial charge on any atom is 0.430 e. The number of halogens is 3. The van der Waals surface area contributed by atoms with Crippen LogP contribution in [0.4, 0.5) is 24.5 Å². The number of benzene rings is 2. The molecule has 3 nitrogen and oxygen atoms in total. The summed E-state index contributed by atoms with van der Waals surface area (Å²) >= 11 is 0. The van der Waals surface area contributed by atoms with Crippen LogP contribution in [0.25, 0.3) is 10.8 Å². The summed E-state index contributed by atoms with van der Waals surface area (Å²) in [6.45, 7) is 0. The van der Waals surface area contributed by atoms with Crippen LogP contribution < -0.4 is 10.2 Å². The molecule has 6 heteroatoms. The summed E-state index contributed by atoms with van der Waals surface area (Å²) in [5, 5.41) is 4.27. The largest absolute Gasteiger partial charge is 0.430 e. The number of nitrogens with zero attached hydrogens (tertiary/aromatic N) is 1. The lowest BCUT2D eigenvalue weighted by molar-refractivity contribution is -0.176. The summed E-state index contributed by atoms with van der Waals surface area (Å²) < 4.78 is 41.6. The van der Waals surface area contributed by atoms with Crippen molar-refractivity contribution in [2.75, 3.05) is 10.2 Å². The van der Waals surface area contributed by atoms with E-state index in [2.05, 4.69) is 5.32 Å². The third-order valence-corrected chi connectivity index (χ3v) is 4.65. The van der Waals surface area contributed by atoms with E-state index in [0.717, 1.165) is 10.8 Å². The maximum atomic E-state index is 13.9. The highest BCUT2D eigenvalue weighted by molar-refractivity contribution is 6.06. The molecule has 2 atom stereocenters. The van der Waals surface area contributed by atoms with E-state index in [9.17, 15) is 18.0 Å². The third kappa shape index (κ3) is 1.50. The predicted molar refractivity (Wildman–Crippen MR) is 77.9 cm³/mol. The number of hydrogen-bond acceptors (Lipinski definition) is 3. The van der Waals surface area contributed by atoms with Gasteiger partial charge in [-0.25, -0.2) is 0 Å². The quantitative estimate of drug-likeness (QED) is 0.816. The van der Waals surface area contributed by atoms with Crippen molar-refractivity contribution >= 4 is 28.4 Å². The lowest BCUT2D eigenvalue weighted by Crippen LogP contribution is -2.64. The normalized spacial score (nSPS) is 26.7. The molecule has 2 aliphatic rings. The second-order valence-electron chi connectivity index (χ2n) is 5.78. The van der Waals surface area contributed by atoms with Crippen molar-refractivity contribution in [3.8, 4) is 0 Å². The van der Waals surface area contributed by atoms with Crippen molar-refractivity contribution < 1.29 is 18.0 Å². The smallest absolute Gasteiger partial charge is 0.355 e. The van der Waals surface area contributed by atoms with Gasteiger partial charge in [0.15, 0.2) is 0 Å². The zero-order valence-electron chi connectivity index (χ0n) is 11.5. The standard InChI is InChI=1S/C16H13F3N2O/c17-16(18,19)15-8-7-11(9-22)21(15)13-6-2-4-10-3-1-5-12(20-15)14(10)13/h1-6,9,11,20H,7-8H2. The molecule has 4 rings (SSSR count). The Morgan fingerprint density at radius 1 is 1.23 bits per heavy atom. The Morgan fingerprint density at radius 2 is 1.95 bits per heavy atom. The molecule has 0 bridgehead atoms. The summed E-state index contributed by atoms with van der Waals surface area (Å²) in [7, 11) is 0. The van der Waals surface area contributed by atoms with Gasteiger partial charge >= 0.3 is 6.18 Å². The van der Waals surface area contributed by atoms with Crippen LogP contribution in [0.3, 0.4) is 0 Å². The monoisotopic (exact) mass is 306 g/mol. The first-order valence-corrected chi connectivity index (χ1v) is 7.09. The van der Waals surface area contributed by atoms with E-state index in [0.29, 0.717) is 17.7 Å². The minimum absolute atomic E-state index is 0.148. The second-order valence-corrected chi connectivity index (χ2v) is 5.78. The first-order valence-electron chi connectivity index (χ1n) is 7.09. The fourth-order valence-corrected chi connectivity index (χ4v) is 3.72. The van der Waals surface area contributed by atoms with Gasteiger partial charge in [0.25, 0.3) is 0 Å². The van der Waals surface area contributed by atoms with E-state index in [1.165, 1.54) is 4.90 Å². The first-order chi connectivity index (χ1) is 10.5. The molecule has 1 fully saturated rings. The van der Waals surface area contributed by atoms with Crippen molar-refractivity contribution in [3.05, 3.63) is 36.4 Å². The second kappa shape index (κ2) is 4.15. The Labute approximate surface area is 124 Å². The summed E-state index contributed by atoms with van der Waals surface area (Å²) in [5.74, 6) is 0. The van der Waals surface area contributed by atoms with E-state index < -0.39 is 17.9 Å². The highest BCUT2D eigenvalue weighted by atomic mass is 19.4. The zero-order chi connectivity index (χ0) is 15.5. The van der Waals surface area contributed by atoms with Crippen LogP contribution in [0.15, 0.2) is 36.4 Å². The molecule has 2 aliphatic heterocycles. The Balaban J connectivity index is 2.05. The first kappa shape index (κ1) is 13.4. The number of hydrogen-bond donors (Lipinski definition) is 1. The number of fused-ring (bicyclic) bond motifs is 2. The summed E-state index contributed by atoms with van der Waals surface area (Å²) in [6.07, 6.45) is -3.84. The molecule has 114 valence electrons. The van der Waals surface area contributed by atoms with E-state index in [4.69, 9.17) is 0 Å². The number of nitrogens with one attached hydrogen (secondary N) is 1. The Bertz CT molecular complexity index is 768. The van der Waals surface area contributed by atoms with Gasteiger partial charge in [0.05, 0.1) is 6.04 Å². The molecule has 0 spiro atoms. The summed E-state index contributed by atoms with van der Waals surface area (Å²) in [4.78, 5) is 12.5. The van der Waals surface area contributed by atoms with Crippen LogP contribution >= 0.6 is 0 Å². The van der Waals surface area contributed by atoms with Gasteiger partial charge in [-0.05, 0) is 23.9 Å². The highest BCUT2D eigenvalue weighted by Gasteiger charge is 2.65. The van der Waals surface area contributed by atoms with E-state index in [1.54, 1.807) is 24.3 Å². The molecule has 2 aromatic carbocycles. The van der Waals surface area contributed by atoms with Gasteiger partial charge in [0, 0.05) is 23.2 Å². The van der Waals surface area contributed by atoms with Crippen LogP contribution in [0.1, 0.15) is 12.8 Å². The molecule has 22 heavy (non-hydrogen) atoms. The van der Waals surface area contributed by atoms with Crippen molar-refractivity contribution in [2.24, 2.45) is 0 Å². The molecule has 1 N–H and O–H groups in total. The molecule has 0 aliphatic carbocycles. The number of alkyl halides is 3. The molecule has 0 saturated carbocycles. The Kier molecular flexibility index (Phi) is 2.53. The maximum absolute atomic E-state index is 13.9. The molecule has 2 heterocycles. The van der Waals surface area contributed by atoms with E-state index in [1.807, 2.05) is 12.1 Å². The lowest BCUT2D eigenvalue weighted by atomic mass is 9.97. The van der Waals surface area contributed by atoms with Crippen LogP contribution in [-0.2, 0) is 4.79 Å². The number of rotatable bonds is 1. The SMILES string of the molecule is O=CC1CCC2(C(F)(F)F)Nc3cccc4cccc(c34)N12. The minimum Gasteiger partial charge on any atom is -0.355 e. The Morgan fingerprint density at radius 3 is 2.64 bits per heavy atom. The average molecular weight is 306 g/mol. The molecule has 0 amide bonds. The van der Waals surface area contributed by atoms with Gasteiger partial charge in [0.2, 0.25) is 5.66 Å². The molecular weight excluding hydrogens is 293 g/mol. The minimum atomic E-state index is -4.49. The average Bonchev–Trinajstić information content (AvgIpc) is 2.88. The van der Waals surface area contributed by atoms with Crippen molar-refractivity contribution in [2.45, 2.75) is 30.7 Å². The van der Waals surface area contributed by atoms with Gasteiger partial charge in [-0.15, -0.1) is 0 Å². The van der Waals surface area contributed by atoms with Crippen molar-refractivity contribution in [1.82, 2.24) is 0 Å². The molecule has 2 aromatic rings. The van der Waals surface area contributed by atoms with Crippen LogP contribution in [0.2, 0.25) is 0 Å². The lowest BCUT2D eigenvalue weighted by Gasteiger charge is -2.47. The topological polar surface area (TPSA) is 32.3 Å². The van der Waals surface area contributed by atoms with Gasteiger partial charge < -0.3 is 15.0 Å². The van der Waals surface area contributed by atoms with Crippen LogP contribution in [0, 0.1) is 0 Å².